The lowest BCUT2D eigenvalue weighted by Crippen LogP contribution is -2.05. The van der Waals surface area contributed by atoms with Crippen molar-refractivity contribution in [1.29, 1.82) is 0 Å². The number of nitrogens with zero attached hydrogens (tertiary/aromatic N) is 1. The van der Waals surface area contributed by atoms with Crippen molar-refractivity contribution in [1.82, 2.24) is 10.3 Å². The summed E-state index contributed by atoms with van der Waals surface area (Å²) in [6.45, 7) is 1.00. The van der Waals surface area contributed by atoms with Crippen molar-refractivity contribution in [3.8, 4) is 0 Å². The highest BCUT2D eigenvalue weighted by atomic mass is 32.2. The molecule has 1 N–H and O–H groups in total. The van der Waals surface area contributed by atoms with E-state index in [1.807, 2.05) is 18.4 Å². The highest BCUT2D eigenvalue weighted by molar-refractivity contribution is 7.99. The molecule has 0 spiro atoms. The minimum absolute atomic E-state index is 0.692. The molecule has 1 atom stereocenters. The zero-order valence-corrected chi connectivity index (χ0v) is 12.0. The molecule has 1 unspecified atom stereocenters. The SMILES string of the molecule is CNCc1sc(C2CCCCS2)nc1C1CC1. The van der Waals surface area contributed by atoms with Crippen molar-refractivity contribution in [2.24, 2.45) is 0 Å². The summed E-state index contributed by atoms with van der Waals surface area (Å²) >= 11 is 4.08. The molecule has 3 rings (SSSR count). The Kier molecular flexibility index (Phi) is 3.73. The van der Waals surface area contributed by atoms with Crippen LogP contribution in [0.3, 0.4) is 0 Å². The summed E-state index contributed by atoms with van der Waals surface area (Å²) in [7, 11) is 2.03. The van der Waals surface area contributed by atoms with Gasteiger partial charge in [0.1, 0.15) is 5.01 Å². The van der Waals surface area contributed by atoms with E-state index < -0.39 is 0 Å². The van der Waals surface area contributed by atoms with Gasteiger partial charge in [-0.3, -0.25) is 0 Å². The topological polar surface area (TPSA) is 24.9 Å². The van der Waals surface area contributed by atoms with Gasteiger partial charge < -0.3 is 5.32 Å². The minimum atomic E-state index is 0.692. The average molecular weight is 268 g/mol. The lowest BCUT2D eigenvalue weighted by Gasteiger charge is -2.18. The minimum Gasteiger partial charge on any atom is -0.315 e. The van der Waals surface area contributed by atoms with Crippen molar-refractivity contribution in [3.05, 3.63) is 15.6 Å². The molecule has 0 aromatic carbocycles. The van der Waals surface area contributed by atoms with E-state index in [4.69, 9.17) is 4.98 Å². The highest BCUT2D eigenvalue weighted by Gasteiger charge is 2.31. The van der Waals surface area contributed by atoms with E-state index in [2.05, 4.69) is 17.1 Å². The molecular formula is C13H20N2S2. The Labute approximate surface area is 112 Å². The summed E-state index contributed by atoms with van der Waals surface area (Å²) in [5.74, 6) is 2.11. The fourth-order valence-corrected chi connectivity index (χ4v) is 5.13. The Balaban J connectivity index is 1.81. The van der Waals surface area contributed by atoms with Crippen LogP contribution in [-0.4, -0.2) is 17.8 Å². The molecule has 2 heterocycles. The van der Waals surface area contributed by atoms with E-state index in [1.165, 1.54) is 53.4 Å². The number of rotatable bonds is 4. The van der Waals surface area contributed by atoms with Crippen molar-refractivity contribution in [3.63, 3.8) is 0 Å². The second kappa shape index (κ2) is 5.29. The molecule has 0 radical (unpaired) electrons. The van der Waals surface area contributed by atoms with Crippen LogP contribution in [0, 0.1) is 0 Å². The number of hydrogen-bond acceptors (Lipinski definition) is 4. The molecule has 0 amide bonds. The van der Waals surface area contributed by atoms with Crippen molar-refractivity contribution in [2.45, 2.75) is 49.8 Å². The molecule has 1 aromatic rings. The Hall–Kier alpha value is -0.0600. The number of nitrogens with one attached hydrogen (secondary N) is 1. The van der Waals surface area contributed by atoms with Crippen molar-refractivity contribution < 1.29 is 0 Å². The Morgan fingerprint density at radius 3 is 2.82 bits per heavy atom. The van der Waals surface area contributed by atoms with Gasteiger partial charge >= 0.3 is 0 Å². The first-order valence-corrected chi connectivity index (χ1v) is 8.50. The predicted octanol–water partition coefficient (Wildman–Crippen LogP) is 3.70. The van der Waals surface area contributed by atoms with Gasteiger partial charge in [-0.05, 0) is 38.5 Å². The molecule has 4 heteroatoms. The summed E-state index contributed by atoms with van der Waals surface area (Å²) in [5, 5.41) is 5.38. The van der Waals surface area contributed by atoms with Crippen LogP contribution in [0.25, 0.3) is 0 Å². The summed E-state index contributed by atoms with van der Waals surface area (Å²) in [6.07, 6.45) is 6.83. The predicted molar refractivity (Wildman–Crippen MR) is 75.9 cm³/mol. The molecule has 2 nitrogen and oxygen atoms in total. The van der Waals surface area contributed by atoms with Gasteiger partial charge in [-0.1, -0.05) is 6.42 Å². The molecular weight excluding hydrogens is 248 g/mol. The van der Waals surface area contributed by atoms with Crippen LogP contribution in [0.15, 0.2) is 0 Å². The molecule has 1 aliphatic carbocycles. The molecule has 1 aliphatic heterocycles. The molecule has 17 heavy (non-hydrogen) atoms. The van der Waals surface area contributed by atoms with Gasteiger partial charge in [-0.25, -0.2) is 4.98 Å². The zero-order chi connectivity index (χ0) is 11.7. The van der Waals surface area contributed by atoms with Gasteiger partial charge in [0.2, 0.25) is 0 Å². The quantitative estimate of drug-likeness (QED) is 0.901. The Morgan fingerprint density at radius 2 is 2.18 bits per heavy atom. The second-order valence-electron chi connectivity index (χ2n) is 5.02. The molecule has 94 valence electrons. The van der Waals surface area contributed by atoms with Crippen molar-refractivity contribution in [2.75, 3.05) is 12.8 Å². The maximum absolute atomic E-state index is 4.97. The number of aromatic nitrogens is 1. The smallest absolute Gasteiger partial charge is 0.106 e. The summed E-state index contributed by atoms with van der Waals surface area (Å²) in [6, 6.07) is 0. The molecule has 1 saturated carbocycles. The molecule has 2 aliphatic rings. The molecule has 1 aromatic heterocycles. The Bertz CT molecular complexity index is 379. The van der Waals surface area contributed by atoms with Crippen LogP contribution in [-0.2, 0) is 6.54 Å². The maximum atomic E-state index is 4.97. The average Bonchev–Trinajstić information content (AvgIpc) is 3.13. The van der Waals surface area contributed by atoms with E-state index in [9.17, 15) is 0 Å². The van der Waals surface area contributed by atoms with Crippen molar-refractivity contribution >= 4 is 23.1 Å². The Morgan fingerprint density at radius 1 is 1.29 bits per heavy atom. The first kappa shape index (κ1) is 12.0. The summed E-state index contributed by atoms with van der Waals surface area (Å²) in [5.41, 5.74) is 1.42. The fourth-order valence-electron chi connectivity index (χ4n) is 2.42. The molecule has 1 saturated heterocycles. The van der Waals surface area contributed by atoms with Crippen LogP contribution in [0.4, 0.5) is 0 Å². The largest absolute Gasteiger partial charge is 0.315 e. The van der Waals surface area contributed by atoms with Crippen LogP contribution < -0.4 is 5.32 Å². The van der Waals surface area contributed by atoms with Gasteiger partial charge in [-0.15, -0.1) is 11.3 Å². The summed E-state index contributed by atoms with van der Waals surface area (Å²) < 4.78 is 0. The van der Waals surface area contributed by atoms with Gasteiger partial charge in [0.05, 0.1) is 10.9 Å². The lowest BCUT2D eigenvalue weighted by molar-refractivity contribution is 0.682. The molecule has 2 fully saturated rings. The third-order valence-electron chi connectivity index (χ3n) is 3.50. The van der Waals surface area contributed by atoms with Crippen LogP contribution in [0.2, 0.25) is 0 Å². The monoisotopic (exact) mass is 268 g/mol. The highest BCUT2D eigenvalue weighted by Crippen LogP contribution is 2.46. The van der Waals surface area contributed by atoms with E-state index in [1.54, 1.807) is 0 Å². The first-order chi connectivity index (χ1) is 8.38. The van der Waals surface area contributed by atoms with Gasteiger partial charge in [-0.2, -0.15) is 11.8 Å². The van der Waals surface area contributed by atoms with Crippen LogP contribution in [0.1, 0.15) is 58.9 Å². The number of hydrogen-bond donors (Lipinski definition) is 1. The summed E-state index contributed by atoms with van der Waals surface area (Å²) in [4.78, 5) is 6.47. The number of thiazole rings is 1. The van der Waals surface area contributed by atoms with Crippen LogP contribution >= 0.6 is 23.1 Å². The molecule has 0 bridgehead atoms. The second-order valence-corrected chi connectivity index (χ2v) is 7.45. The van der Waals surface area contributed by atoms with E-state index in [0.717, 1.165) is 12.5 Å². The van der Waals surface area contributed by atoms with E-state index in [0.29, 0.717) is 5.25 Å². The normalized spacial score (nSPS) is 25.1. The van der Waals surface area contributed by atoms with E-state index >= 15 is 0 Å². The first-order valence-electron chi connectivity index (χ1n) is 6.64. The number of thioether (sulfide) groups is 1. The van der Waals surface area contributed by atoms with Gasteiger partial charge in [0.15, 0.2) is 0 Å². The third kappa shape index (κ3) is 2.69. The van der Waals surface area contributed by atoms with Gasteiger partial charge in [0, 0.05) is 17.3 Å². The maximum Gasteiger partial charge on any atom is 0.106 e. The van der Waals surface area contributed by atoms with Gasteiger partial charge in [0.25, 0.3) is 0 Å². The fraction of sp³-hybridized carbons (Fsp3) is 0.769. The lowest BCUT2D eigenvalue weighted by atomic mass is 10.2. The van der Waals surface area contributed by atoms with Crippen LogP contribution in [0.5, 0.6) is 0 Å². The van der Waals surface area contributed by atoms with E-state index in [-0.39, 0.29) is 0 Å². The third-order valence-corrected chi connectivity index (χ3v) is 6.22. The standard InChI is InChI=1S/C13H20N2S2/c1-14-8-11-12(9-5-6-9)15-13(17-11)10-4-2-3-7-16-10/h9-10,14H,2-8H2,1H3. The zero-order valence-electron chi connectivity index (χ0n) is 10.4.